The molecule has 0 amide bonds. The molecule has 0 unspecified atom stereocenters. The molecule has 1 aromatic carbocycles. The zero-order valence-electron chi connectivity index (χ0n) is 10.5. The van der Waals surface area contributed by atoms with Crippen molar-refractivity contribution < 1.29 is 9.50 Å². The van der Waals surface area contributed by atoms with Crippen molar-refractivity contribution in [2.24, 2.45) is 0 Å². The number of nitrogens with one attached hydrogen (secondary N) is 1. The maximum absolute atomic E-state index is 13.9. The van der Waals surface area contributed by atoms with Gasteiger partial charge < -0.3 is 10.4 Å². The number of aliphatic hydroxyl groups is 1. The molecule has 100 valence electrons. The Morgan fingerprint density at radius 3 is 2.89 bits per heavy atom. The summed E-state index contributed by atoms with van der Waals surface area (Å²) in [5.74, 6) is 0.125. The zero-order valence-corrected chi connectivity index (χ0v) is 10.5. The van der Waals surface area contributed by atoms with Crippen LogP contribution in [0.5, 0.6) is 0 Å². The lowest BCUT2D eigenvalue weighted by Crippen LogP contribution is -2.36. The summed E-state index contributed by atoms with van der Waals surface area (Å²) in [7, 11) is 0. The van der Waals surface area contributed by atoms with Gasteiger partial charge >= 0.3 is 0 Å². The molecule has 1 aliphatic rings. The fourth-order valence-electron chi connectivity index (χ4n) is 2.63. The van der Waals surface area contributed by atoms with Crippen LogP contribution in [0.15, 0.2) is 24.5 Å². The van der Waals surface area contributed by atoms with E-state index in [0.29, 0.717) is 16.7 Å². The number of rotatable bonds is 2. The first-order valence-corrected chi connectivity index (χ1v) is 6.59. The number of halogens is 1. The highest BCUT2D eigenvalue weighted by Crippen LogP contribution is 2.26. The van der Waals surface area contributed by atoms with Gasteiger partial charge in [-0.15, -0.1) is 0 Å². The molecular weight excluding hydrogens is 245 g/mol. The van der Waals surface area contributed by atoms with Crippen LogP contribution in [0.3, 0.4) is 0 Å². The van der Waals surface area contributed by atoms with Gasteiger partial charge in [0.1, 0.15) is 18.0 Å². The third-order valence-electron chi connectivity index (χ3n) is 3.66. The second kappa shape index (κ2) is 5.09. The van der Waals surface area contributed by atoms with Crippen LogP contribution in [-0.2, 0) is 0 Å². The Labute approximate surface area is 110 Å². The Bertz CT molecular complexity index is 585. The number of aliphatic hydroxyl groups excluding tert-OH is 1. The Hall–Kier alpha value is -1.75. The van der Waals surface area contributed by atoms with Crippen LogP contribution < -0.4 is 5.32 Å². The van der Waals surface area contributed by atoms with E-state index in [1.165, 1.54) is 12.4 Å². The third kappa shape index (κ3) is 2.38. The van der Waals surface area contributed by atoms with Crippen molar-refractivity contribution in [3.8, 4) is 0 Å². The summed E-state index contributed by atoms with van der Waals surface area (Å²) in [5, 5.41) is 13.5. The summed E-state index contributed by atoms with van der Waals surface area (Å²) < 4.78 is 13.9. The van der Waals surface area contributed by atoms with Crippen LogP contribution >= 0.6 is 0 Å². The SMILES string of the molecule is O[C@@H]1CCCC[C@H]1Nc1ncnc2cccc(F)c12. The van der Waals surface area contributed by atoms with E-state index in [1.54, 1.807) is 12.1 Å². The van der Waals surface area contributed by atoms with Gasteiger partial charge in [-0.05, 0) is 25.0 Å². The molecule has 2 atom stereocenters. The van der Waals surface area contributed by atoms with Gasteiger partial charge in [0, 0.05) is 0 Å². The molecule has 1 heterocycles. The number of benzene rings is 1. The molecule has 0 radical (unpaired) electrons. The van der Waals surface area contributed by atoms with Gasteiger partial charge in [-0.2, -0.15) is 0 Å². The monoisotopic (exact) mass is 261 g/mol. The number of nitrogens with zero attached hydrogens (tertiary/aromatic N) is 2. The van der Waals surface area contributed by atoms with E-state index in [4.69, 9.17) is 0 Å². The highest BCUT2D eigenvalue weighted by Gasteiger charge is 2.24. The van der Waals surface area contributed by atoms with Gasteiger partial charge in [-0.1, -0.05) is 18.9 Å². The Morgan fingerprint density at radius 2 is 2.05 bits per heavy atom. The first-order valence-electron chi connectivity index (χ1n) is 6.59. The van der Waals surface area contributed by atoms with E-state index in [1.807, 2.05) is 0 Å². The molecule has 0 bridgehead atoms. The van der Waals surface area contributed by atoms with E-state index in [2.05, 4.69) is 15.3 Å². The van der Waals surface area contributed by atoms with Crippen LogP contribution in [-0.4, -0.2) is 27.2 Å². The summed E-state index contributed by atoms with van der Waals surface area (Å²) in [5.41, 5.74) is 0.572. The van der Waals surface area contributed by atoms with Gasteiger partial charge in [0.05, 0.1) is 23.0 Å². The molecule has 0 aliphatic heterocycles. The zero-order chi connectivity index (χ0) is 13.2. The van der Waals surface area contributed by atoms with Crippen molar-refractivity contribution in [1.29, 1.82) is 0 Å². The van der Waals surface area contributed by atoms with E-state index in [0.717, 1.165) is 25.7 Å². The summed E-state index contributed by atoms with van der Waals surface area (Å²) in [6.45, 7) is 0. The number of anilines is 1. The Morgan fingerprint density at radius 1 is 1.21 bits per heavy atom. The molecule has 0 spiro atoms. The lowest BCUT2D eigenvalue weighted by molar-refractivity contribution is 0.116. The fourth-order valence-corrected chi connectivity index (χ4v) is 2.63. The maximum atomic E-state index is 13.9. The average molecular weight is 261 g/mol. The van der Waals surface area contributed by atoms with E-state index < -0.39 is 6.10 Å². The van der Waals surface area contributed by atoms with Crippen LogP contribution in [0, 0.1) is 5.82 Å². The number of hydrogen-bond donors (Lipinski definition) is 2. The van der Waals surface area contributed by atoms with E-state index in [9.17, 15) is 9.50 Å². The van der Waals surface area contributed by atoms with Gasteiger partial charge in [-0.3, -0.25) is 0 Å². The molecule has 4 nitrogen and oxygen atoms in total. The van der Waals surface area contributed by atoms with Crippen molar-refractivity contribution >= 4 is 16.7 Å². The standard InChI is InChI=1S/C14H16FN3O/c15-9-4-3-6-11-13(9)14(17-8-16-11)18-10-5-1-2-7-12(10)19/h3-4,6,8,10,12,19H,1-2,5,7H2,(H,16,17,18)/t10-,12-/m1/s1. The number of aromatic nitrogens is 2. The second-order valence-electron chi connectivity index (χ2n) is 4.96. The smallest absolute Gasteiger partial charge is 0.140 e. The lowest BCUT2D eigenvalue weighted by Gasteiger charge is -2.29. The molecule has 19 heavy (non-hydrogen) atoms. The highest BCUT2D eigenvalue weighted by molar-refractivity contribution is 5.89. The molecule has 5 heteroatoms. The predicted molar refractivity (Wildman–Crippen MR) is 71.4 cm³/mol. The Kier molecular flexibility index (Phi) is 3.29. The molecule has 3 rings (SSSR count). The van der Waals surface area contributed by atoms with Crippen LogP contribution in [0.2, 0.25) is 0 Å². The molecule has 1 aliphatic carbocycles. The quantitative estimate of drug-likeness (QED) is 0.872. The molecule has 1 saturated carbocycles. The second-order valence-corrected chi connectivity index (χ2v) is 4.96. The molecule has 2 aromatic rings. The predicted octanol–water partition coefficient (Wildman–Crippen LogP) is 2.48. The first kappa shape index (κ1) is 12.3. The molecule has 1 aromatic heterocycles. The van der Waals surface area contributed by atoms with Crippen LogP contribution in [0.4, 0.5) is 10.2 Å². The van der Waals surface area contributed by atoms with Gasteiger partial charge in [0.2, 0.25) is 0 Å². The number of fused-ring (bicyclic) bond motifs is 1. The first-order chi connectivity index (χ1) is 9.25. The molecule has 2 N–H and O–H groups in total. The minimum absolute atomic E-state index is 0.0635. The van der Waals surface area contributed by atoms with Gasteiger partial charge in [0.25, 0.3) is 0 Å². The minimum Gasteiger partial charge on any atom is -0.391 e. The van der Waals surface area contributed by atoms with Crippen molar-refractivity contribution in [1.82, 2.24) is 9.97 Å². The van der Waals surface area contributed by atoms with Crippen LogP contribution in [0.25, 0.3) is 10.9 Å². The summed E-state index contributed by atoms with van der Waals surface area (Å²) >= 11 is 0. The molecule has 0 saturated heterocycles. The normalized spacial score (nSPS) is 23.5. The lowest BCUT2D eigenvalue weighted by atomic mass is 9.92. The van der Waals surface area contributed by atoms with E-state index >= 15 is 0 Å². The average Bonchev–Trinajstić information content (AvgIpc) is 2.42. The Balaban J connectivity index is 1.96. The maximum Gasteiger partial charge on any atom is 0.140 e. The van der Waals surface area contributed by atoms with E-state index in [-0.39, 0.29) is 11.9 Å². The van der Waals surface area contributed by atoms with Gasteiger partial charge in [0.15, 0.2) is 0 Å². The fraction of sp³-hybridized carbons (Fsp3) is 0.429. The highest BCUT2D eigenvalue weighted by atomic mass is 19.1. The van der Waals surface area contributed by atoms with Gasteiger partial charge in [-0.25, -0.2) is 14.4 Å². The van der Waals surface area contributed by atoms with Crippen molar-refractivity contribution in [2.45, 2.75) is 37.8 Å². The summed E-state index contributed by atoms with van der Waals surface area (Å²) in [6, 6.07) is 4.71. The summed E-state index contributed by atoms with van der Waals surface area (Å²) in [4.78, 5) is 8.18. The summed E-state index contributed by atoms with van der Waals surface area (Å²) in [6.07, 6.45) is 4.78. The molecule has 1 fully saturated rings. The van der Waals surface area contributed by atoms with Crippen molar-refractivity contribution in [3.05, 3.63) is 30.3 Å². The third-order valence-corrected chi connectivity index (χ3v) is 3.66. The minimum atomic E-state index is -0.398. The number of hydrogen-bond acceptors (Lipinski definition) is 4. The van der Waals surface area contributed by atoms with Crippen molar-refractivity contribution in [2.75, 3.05) is 5.32 Å². The molecular formula is C14H16FN3O. The largest absolute Gasteiger partial charge is 0.391 e. The van der Waals surface area contributed by atoms with Crippen LogP contribution in [0.1, 0.15) is 25.7 Å². The van der Waals surface area contributed by atoms with Crippen molar-refractivity contribution in [3.63, 3.8) is 0 Å². The topological polar surface area (TPSA) is 58.0 Å².